The molecule has 0 radical (unpaired) electrons. The summed E-state index contributed by atoms with van der Waals surface area (Å²) >= 11 is 0. The van der Waals surface area contributed by atoms with Crippen LogP contribution in [0.25, 0.3) is 0 Å². The summed E-state index contributed by atoms with van der Waals surface area (Å²) in [6.45, 7) is 1.82. The molecular formula is C15H22ClFN2O2. The summed E-state index contributed by atoms with van der Waals surface area (Å²) in [4.78, 5) is 13.9. The normalized spacial score (nSPS) is 17.2. The molecule has 1 aliphatic rings. The van der Waals surface area contributed by atoms with Crippen molar-refractivity contribution in [2.24, 2.45) is 0 Å². The van der Waals surface area contributed by atoms with Gasteiger partial charge >= 0.3 is 0 Å². The summed E-state index contributed by atoms with van der Waals surface area (Å²) in [5.41, 5.74) is 0.814. The maximum absolute atomic E-state index is 13.6. The van der Waals surface area contributed by atoms with Crippen LogP contribution in [0.15, 0.2) is 18.2 Å². The highest BCUT2D eigenvalue weighted by Crippen LogP contribution is 2.19. The van der Waals surface area contributed by atoms with Crippen molar-refractivity contribution in [3.63, 3.8) is 0 Å². The average Bonchev–Trinajstić information content (AvgIpc) is 2.98. The van der Waals surface area contributed by atoms with E-state index in [-0.39, 0.29) is 35.9 Å². The summed E-state index contributed by atoms with van der Waals surface area (Å²) in [5, 5.41) is 3.24. The van der Waals surface area contributed by atoms with E-state index < -0.39 is 0 Å². The fraction of sp³-hybridized carbons (Fsp3) is 0.533. The lowest BCUT2D eigenvalue weighted by atomic mass is 10.1. The lowest BCUT2D eigenvalue weighted by Gasteiger charge is -2.23. The Balaban J connectivity index is 0.00000220. The van der Waals surface area contributed by atoms with Gasteiger partial charge in [0.2, 0.25) is 5.91 Å². The van der Waals surface area contributed by atoms with Crippen molar-refractivity contribution < 1.29 is 13.9 Å². The lowest BCUT2D eigenvalue weighted by Crippen LogP contribution is -2.38. The van der Waals surface area contributed by atoms with Gasteiger partial charge in [-0.15, -0.1) is 12.4 Å². The summed E-state index contributed by atoms with van der Waals surface area (Å²) in [5.74, 6) is -0.0463. The van der Waals surface area contributed by atoms with Crippen molar-refractivity contribution in [2.75, 3.05) is 27.2 Å². The number of nitrogens with zero attached hydrogens (tertiary/aromatic N) is 1. The van der Waals surface area contributed by atoms with E-state index in [2.05, 4.69) is 5.32 Å². The fourth-order valence-electron chi connectivity index (χ4n) is 2.47. The lowest BCUT2D eigenvalue weighted by molar-refractivity contribution is -0.131. The van der Waals surface area contributed by atoms with Gasteiger partial charge in [-0.05, 0) is 37.1 Å². The van der Waals surface area contributed by atoms with Crippen LogP contribution in [0.5, 0.6) is 5.75 Å². The molecule has 1 aromatic carbocycles. The highest BCUT2D eigenvalue weighted by atomic mass is 35.5. The number of benzene rings is 1. The summed E-state index contributed by atoms with van der Waals surface area (Å²) < 4.78 is 18.4. The molecule has 21 heavy (non-hydrogen) atoms. The molecule has 1 aliphatic heterocycles. The molecule has 1 amide bonds. The first kappa shape index (κ1) is 17.7. The predicted molar refractivity (Wildman–Crippen MR) is 82.6 cm³/mol. The number of aryl methyl sites for hydroxylation is 1. The van der Waals surface area contributed by atoms with Crippen molar-refractivity contribution in [2.45, 2.75) is 25.3 Å². The molecule has 0 aromatic heterocycles. The molecule has 0 aliphatic carbocycles. The standard InChI is InChI=1S/C15H21FN2O2.ClH/c1-18(12-7-8-17-10-12)15(19)6-4-11-3-5-14(20-2)13(16)9-11;/h3,5,9,12,17H,4,6-8,10H2,1-2H3;1H. The van der Waals surface area contributed by atoms with E-state index in [9.17, 15) is 9.18 Å². The average molecular weight is 317 g/mol. The van der Waals surface area contributed by atoms with E-state index in [1.165, 1.54) is 13.2 Å². The first-order valence-corrected chi connectivity index (χ1v) is 6.90. The van der Waals surface area contributed by atoms with E-state index in [0.29, 0.717) is 12.8 Å². The zero-order valence-corrected chi connectivity index (χ0v) is 13.2. The van der Waals surface area contributed by atoms with E-state index in [1.807, 2.05) is 7.05 Å². The zero-order chi connectivity index (χ0) is 14.5. The molecule has 1 fully saturated rings. The van der Waals surface area contributed by atoms with Gasteiger partial charge in [-0.2, -0.15) is 0 Å². The molecule has 1 aromatic rings. The number of hydrogen-bond donors (Lipinski definition) is 1. The van der Waals surface area contributed by atoms with Gasteiger partial charge in [-0.1, -0.05) is 6.07 Å². The van der Waals surface area contributed by atoms with Gasteiger partial charge in [0.25, 0.3) is 0 Å². The predicted octanol–water partition coefficient (Wildman–Crippen LogP) is 2.01. The molecule has 6 heteroatoms. The minimum atomic E-state index is -0.384. The molecule has 1 unspecified atom stereocenters. The monoisotopic (exact) mass is 316 g/mol. The number of carbonyl (C=O) groups excluding carboxylic acids is 1. The highest BCUT2D eigenvalue weighted by Gasteiger charge is 2.22. The third-order valence-electron chi connectivity index (χ3n) is 3.82. The van der Waals surface area contributed by atoms with Crippen LogP contribution in [0.1, 0.15) is 18.4 Å². The molecule has 2 rings (SSSR count). The van der Waals surface area contributed by atoms with Crippen molar-refractivity contribution in [1.82, 2.24) is 10.2 Å². The molecular weight excluding hydrogens is 295 g/mol. The van der Waals surface area contributed by atoms with Crippen LogP contribution in [-0.2, 0) is 11.2 Å². The third kappa shape index (κ3) is 4.58. The number of amides is 1. The minimum absolute atomic E-state index is 0. The van der Waals surface area contributed by atoms with Crippen LogP contribution >= 0.6 is 12.4 Å². The number of rotatable bonds is 5. The van der Waals surface area contributed by atoms with Crippen LogP contribution in [0.4, 0.5) is 4.39 Å². The van der Waals surface area contributed by atoms with Crippen LogP contribution in [0.2, 0.25) is 0 Å². The van der Waals surface area contributed by atoms with E-state index in [0.717, 1.165) is 25.1 Å². The molecule has 118 valence electrons. The molecule has 0 spiro atoms. The first-order chi connectivity index (χ1) is 9.61. The molecule has 1 heterocycles. The number of ether oxygens (including phenoxy) is 1. The first-order valence-electron chi connectivity index (χ1n) is 6.90. The minimum Gasteiger partial charge on any atom is -0.494 e. The van der Waals surface area contributed by atoms with Gasteiger partial charge in [0.1, 0.15) is 0 Å². The fourth-order valence-corrected chi connectivity index (χ4v) is 2.47. The van der Waals surface area contributed by atoms with Gasteiger partial charge in [0, 0.05) is 26.1 Å². The van der Waals surface area contributed by atoms with Crippen LogP contribution < -0.4 is 10.1 Å². The molecule has 1 atom stereocenters. The number of halogens is 2. The number of hydrogen-bond acceptors (Lipinski definition) is 3. The Morgan fingerprint density at radius 2 is 2.29 bits per heavy atom. The summed E-state index contributed by atoms with van der Waals surface area (Å²) in [6.07, 6.45) is 1.95. The van der Waals surface area contributed by atoms with Crippen LogP contribution in [-0.4, -0.2) is 44.1 Å². The Labute approximate surface area is 131 Å². The maximum Gasteiger partial charge on any atom is 0.222 e. The number of nitrogens with one attached hydrogen (secondary N) is 1. The van der Waals surface area contributed by atoms with Crippen molar-refractivity contribution in [3.8, 4) is 5.75 Å². The molecule has 1 saturated heterocycles. The van der Waals surface area contributed by atoms with Gasteiger partial charge in [0.05, 0.1) is 7.11 Å². The zero-order valence-electron chi connectivity index (χ0n) is 12.4. The SMILES string of the molecule is COc1ccc(CCC(=O)N(C)C2CCNC2)cc1F.Cl. The van der Waals surface area contributed by atoms with Crippen LogP contribution in [0, 0.1) is 5.82 Å². The quantitative estimate of drug-likeness (QED) is 0.903. The van der Waals surface area contributed by atoms with Gasteiger partial charge in [-0.3, -0.25) is 4.79 Å². The highest BCUT2D eigenvalue weighted by molar-refractivity contribution is 5.85. The molecule has 0 bridgehead atoms. The van der Waals surface area contributed by atoms with Crippen molar-refractivity contribution in [3.05, 3.63) is 29.6 Å². The molecule has 1 N–H and O–H groups in total. The third-order valence-corrected chi connectivity index (χ3v) is 3.82. The van der Waals surface area contributed by atoms with Crippen molar-refractivity contribution in [1.29, 1.82) is 0 Å². The van der Waals surface area contributed by atoms with Gasteiger partial charge < -0.3 is 15.0 Å². The largest absolute Gasteiger partial charge is 0.494 e. The second-order valence-electron chi connectivity index (χ2n) is 5.12. The summed E-state index contributed by atoms with van der Waals surface area (Å²) in [7, 11) is 3.28. The number of likely N-dealkylation sites (N-methyl/N-ethyl adjacent to an activating group) is 1. The van der Waals surface area contributed by atoms with E-state index in [1.54, 1.807) is 17.0 Å². The summed E-state index contributed by atoms with van der Waals surface area (Å²) in [6, 6.07) is 5.12. The topological polar surface area (TPSA) is 41.6 Å². The Kier molecular flexibility index (Phi) is 6.92. The second-order valence-corrected chi connectivity index (χ2v) is 5.12. The Bertz CT molecular complexity index is 479. The van der Waals surface area contributed by atoms with Gasteiger partial charge in [-0.25, -0.2) is 4.39 Å². The van der Waals surface area contributed by atoms with Crippen molar-refractivity contribution >= 4 is 18.3 Å². The maximum atomic E-state index is 13.6. The second kappa shape index (κ2) is 8.20. The Morgan fingerprint density at radius 1 is 1.52 bits per heavy atom. The Morgan fingerprint density at radius 3 is 2.86 bits per heavy atom. The van der Waals surface area contributed by atoms with Gasteiger partial charge in [0.15, 0.2) is 11.6 Å². The molecule has 0 saturated carbocycles. The van der Waals surface area contributed by atoms with Crippen LogP contribution in [0.3, 0.4) is 0 Å². The number of methoxy groups -OCH3 is 1. The Hall–Kier alpha value is -1.33. The smallest absolute Gasteiger partial charge is 0.222 e. The van der Waals surface area contributed by atoms with E-state index >= 15 is 0 Å². The number of carbonyl (C=O) groups is 1. The molecule has 4 nitrogen and oxygen atoms in total. The van der Waals surface area contributed by atoms with E-state index in [4.69, 9.17) is 4.74 Å².